The molecule has 1 aromatic heterocycles. The molecule has 3 rings (SSSR count). The summed E-state index contributed by atoms with van der Waals surface area (Å²) >= 11 is 0. The van der Waals surface area contributed by atoms with Crippen molar-refractivity contribution in [3.8, 4) is 0 Å². The summed E-state index contributed by atoms with van der Waals surface area (Å²) in [5.41, 5.74) is 0. The van der Waals surface area contributed by atoms with E-state index in [1.54, 1.807) is 8.61 Å². The van der Waals surface area contributed by atoms with Gasteiger partial charge in [0.1, 0.15) is 11.5 Å². The van der Waals surface area contributed by atoms with Crippen molar-refractivity contribution in [2.75, 3.05) is 26.3 Å². The van der Waals surface area contributed by atoms with E-state index in [1.807, 2.05) is 26.0 Å². The summed E-state index contributed by atoms with van der Waals surface area (Å²) in [5, 5.41) is 0. The Kier molecular flexibility index (Phi) is 4.09. The van der Waals surface area contributed by atoms with Gasteiger partial charge in [0, 0.05) is 19.1 Å². The first-order valence-electron chi connectivity index (χ1n) is 7.43. The van der Waals surface area contributed by atoms with Gasteiger partial charge in [-0.2, -0.15) is 17.0 Å². The van der Waals surface area contributed by atoms with Crippen molar-refractivity contribution in [1.82, 2.24) is 8.61 Å². The fraction of sp³-hybridized carbons (Fsp3) is 0.714. The van der Waals surface area contributed by atoms with Gasteiger partial charge in [-0.3, -0.25) is 0 Å². The second-order valence-corrected chi connectivity index (χ2v) is 7.59. The van der Waals surface area contributed by atoms with E-state index in [2.05, 4.69) is 0 Å². The van der Waals surface area contributed by atoms with E-state index in [0.717, 1.165) is 24.4 Å². The maximum atomic E-state index is 12.9. The highest BCUT2D eigenvalue weighted by molar-refractivity contribution is 7.86. The highest BCUT2D eigenvalue weighted by atomic mass is 32.2. The third-order valence-corrected chi connectivity index (χ3v) is 6.36. The van der Waals surface area contributed by atoms with Gasteiger partial charge in [0.15, 0.2) is 0 Å². The predicted octanol–water partition coefficient (Wildman–Crippen LogP) is 1.69. The van der Waals surface area contributed by atoms with E-state index >= 15 is 0 Å². The fourth-order valence-electron chi connectivity index (χ4n) is 3.12. The summed E-state index contributed by atoms with van der Waals surface area (Å²) in [4.78, 5) is 0. The second kappa shape index (κ2) is 5.72. The molecule has 2 atom stereocenters. The van der Waals surface area contributed by atoms with Gasteiger partial charge in [-0.1, -0.05) is 0 Å². The molecule has 7 heteroatoms. The van der Waals surface area contributed by atoms with E-state index in [4.69, 9.17) is 9.15 Å². The summed E-state index contributed by atoms with van der Waals surface area (Å²) < 4.78 is 40.0. The highest BCUT2D eigenvalue weighted by Crippen LogP contribution is 2.36. The van der Waals surface area contributed by atoms with Gasteiger partial charge >= 0.3 is 0 Å². The minimum absolute atomic E-state index is 0.122. The first-order valence-corrected chi connectivity index (χ1v) is 8.82. The van der Waals surface area contributed by atoms with Gasteiger partial charge < -0.3 is 9.15 Å². The number of furan rings is 1. The van der Waals surface area contributed by atoms with Crippen LogP contribution in [0.15, 0.2) is 16.5 Å². The Morgan fingerprint density at radius 3 is 2.71 bits per heavy atom. The Morgan fingerprint density at radius 1 is 1.24 bits per heavy atom. The third-order valence-electron chi connectivity index (χ3n) is 4.19. The monoisotopic (exact) mass is 314 g/mol. The molecule has 0 N–H and O–H groups in total. The Morgan fingerprint density at radius 2 is 2.05 bits per heavy atom. The van der Waals surface area contributed by atoms with Crippen molar-refractivity contribution in [3.05, 3.63) is 23.7 Å². The van der Waals surface area contributed by atoms with Crippen LogP contribution in [0.5, 0.6) is 0 Å². The largest absolute Gasteiger partial charge is 0.465 e. The molecule has 0 aromatic carbocycles. The molecule has 2 aliphatic heterocycles. The SMILES string of the molecule is Cc1ccc([C@H]2CCCN2S(=O)(=O)N2CCOC[C@H]2C)o1. The number of rotatable bonds is 3. The van der Waals surface area contributed by atoms with E-state index in [0.29, 0.717) is 26.3 Å². The van der Waals surface area contributed by atoms with Crippen LogP contribution in [0.4, 0.5) is 0 Å². The zero-order valence-electron chi connectivity index (χ0n) is 12.5. The first kappa shape index (κ1) is 15.0. The van der Waals surface area contributed by atoms with Crippen LogP contribution in [0, 0.1) is 6.92 Å². The van der Waals surface area contributed by atoms with E-state index in [1.165, 1.54) is 0 Å². The van der Waals surface area contributed by atoms with Crippen LogP contribution < -0.4 is 0 Å². The van der Waals surface area contributed by atoms with Gasteiger partial charge in [-0.25, -0.2) is 0 Å². The molecule has 118 valence electrons. The lowest BCUT2D eigenvalue weighted by Gasteiger charge is -2.36. The molecule has 2 fully saturated rings. The number of nitrogens with zero attached hydrogens (tertiary/aromatic N) is 2. The molecule has 2 aliphatic rings. The average Bonchev–Trinajstić information content (AvgIpc) is 3.07. The minimum atomic E-state index is -3.47. The molecule has 6 nitrogen and oxygen atoms in total. The average molecular weight is 314 g/mol. The van der Waals surface area contributed by atoms with Crippen LogP contribution >= 0.6 is 0 Å². The van der Waals surface area contributed by atoms with Crippen LogP contribution in [0.25, 0.3) is 0 Å². The quantitative estimate of drug-likeness (QED) is 0.852. The summed E-state index contributed by atoms with van der Waals surface area (Å²) in [6.45, 7) is 5.65. The third kappa shape index (κ3) is 2.75. The summed E-state index contributed by atoms with van der Waals surface area (Å²) in [5.74, 6) is 1.56. The van der Waals surface area contributed by atoms with Crippen LogP contribution in [0.3, 0.4) is 0 Å². The number of hydrogen-bond donors (Lipinski definition) is 0. The van der Waals surface area contributed by atoms with Gasteiger partial charge in [0.2, 0.25) is 0 Å². The molecule has 0 unspecified atom stereocenters. The van der Waals surface area contributed by atoms with E-state index in [-0.39, 0.29) is 12.1 Å². The number of morpholine rings is 1. The topological polar surface area (TPSA) is 63.0 Å². The van der Waals surface area contributed by atoms with Crippen molar-refractivity contribution >= 4 is 10.2 Å². The molecular formula is C14H22N2O4S. The Labute approximate surface area is 125 Å². The Hall–Kier alpha value is -0.890. The van der Waals surface area contributed by atoms with Gasteiger partial charge in [0.25, 0.3) is 10.2 Å². The smallest absolute Gasteiger partial charge is 0.283 e. The van der Waals surface area contributed by atoms with Crippen molar-refractivity contribution in [3.63, 3.8) is 0 Å². The van der Waals surface area contributed by atoms with Gasteiger partial charge in [0.05, 0.1) is 19.3 Å². The first-order chi connectivity index (χ1) is 10.00. The lowest BCUT2D eigenvalue weighted by molar-refractivity contribution is 0.0359. The second-order valence-electron chi connectivity index (χ2n) is 5.76. The van der Waals surface area contributed by atoms with E-state index in [9.17, 15) is 8.42 Å². The fourth-order valence-corrected chi connectivity index (χ4v) is 5.10. The standard InChI is InChI=1S/C14H22N2O4S/c1-11-10-19-9-8-15(11)21(17,18)16-7-3-4-13(16)14-6-5-12(2)20-14/h5-6,11,13H,3-4,7-10H2,1-2H3/t11-,13-/m1/s1. The van der Waals surface area contributed by atoms with Gasteiger partial charge in [-0.05, 0) is 38.8 Å². The van der Waals surface area contributed by atoms with Crippen LogP contribution in [-0.2, 0) is 14.9 Å². The van der Waals surface area contributed by atoms with Crippen molar-refractivity contribution < 1.29 is 17.6 Å². The lowest BCUT2D eigenvalue weighted by Crippen LogP contribution is -2.52. The van der Waals surface area contributed by atoms with Crippen LogP contribution in [0.2, 0.25) is 0 Å². The molecule has 21 heavy (non-hydrogen) atoms. The maximum absolute atomic E-state index is 12.9. The molecule has 0 radical (unpaired) electrons. The normalized spacial score (nSPS) is 29.0. The molecule has 0 amide bonds. The number of ether oxygens (including phenoxy) is 1. The number of hydrogen-bond acceptors (Lipinski definition) is 4. The van der Waals surface area contributed by atoms with Crippen molar-refractivity contribution in [2.24, 2.45) is 0 Å². The molecule has 0 bridgehead atoms. The zero-order valence-corrected chi connectivity index (χ0v) is 13.3. The van der Waals surface area contributed by atoms with Gasteiger partial charge in [-0.15, -0.1) is 0 Å². The molecule has 1 aromatic rings. The minimum Gasteiger partial charge on any atom is -0.465 e. The molecular weight excluding hydrogens is 292 g/mol. The van der Waals surface area contributed by atoms with Crippen molar-refractivity contribution in [1.29, 1.82) is 0 Å². The molecule has 0 saturated carbocycles. The lowest BCUT2D eigenvalue weighted by atomic mass is 10.2. The summed E-state index contributed by atoms with van der Waals surface area (Å²) in [7, 11) is -3.47. The predicted molar refractivity (Wildman–Crippen MR) is 78.0 cm³/mol. The van der Waals surface area contributed by atoms with E-state index < -0.39 is 10.2 Å². The Balaban J connectivity index is 1.86. The maximum Gasteiger partial charge on any atom is 0.283 e. The zero-order chi connectivity index (χ0) is 15.0. The molecule has 0 spiro atoms. The van der Waals surface area contributed by atoms with Crippen LogP contribution in [-0.4, -0.2) is 49.4 Å². The highest BCUT2D eigenvalue weighted by Gasteiger charge is 2.42. The summed E-state index contributed by atoms with van der Waals surface area (Å²) in [6, 6.07) is 3.47. The molecule has 2 saturated heterocycles. The number of aryl methyl sites for hydroxylation is 1. The Bertz CT molecular complexity index is 598. The summed E-state index contributed by atoms with van der Waals surface area (Å²) in [6.07, 6.45) is 1.67. The van der Waals surface area contributed by atoms with Crippen molar-refractivity contribution in [2.45, 2.75) is 38.8 Å². The molecule has 3 heterocycles. The molecule has 0 aliphatic carbocycles. The van der Waals surface area contributed by atoms with Crippen LogP contribution in [0.1, 0.15) is 37.3 Å².